The number of allylic oxidation sites excluding steroid dienone is 1. The molecule has 0 heterocycles. The highest BCUT2D eigenvalue weighted by Crippen LogP contribution is 2.47. The van der Waals surface area contributed by atoms with Gasteiger partial charge in [-0.2, -0.15) is 0 Å². The molecule has 0 spiro atoms. The highest BCUT2D eigenvalue weighted by atomic mass is 19.1. The lowest BCUT2D eigenvalue weighted by atomic mass is 10.1. The van der Waals surface area contributed by atoms with Crippen molar-refractivity contribution in [1.29, 1.82) is 0 Å². The fraction of sp³-hybridized carbons (Fsp3) is 0.444. The predicted octanol–water partition coefficient (Wildman–Crippen LogP) is 2.94. The van der Waals surface area contributed by atoms with Gasteiger partial charge in [-0.3, -0.25) is 4.79 Å². The number of carbonyl (C=O) groups is 2. The van der Waals surface area contributed by atoms with Crippen LogP contribution in [-0.4, -0.2) is 24.5 Å². The normalized spacial score (nSPS) is 21.0. The van der Waals surface area contributed by atoms with E-state index in [1.54, 1.807) is 19.1 Å². The molecule has 3 atom stereocenters. The number of amides is 1. The smallest absolute Gasteiger partial charge is 0.328 e. The van der Waals surface area contributed by atoms with Crippen molar-refractivity contribution in [3.05, 3.63) is 47.8 Å². The van der Waals surface area contributed by atoms with Crippen LogP contribution in [0, 0.1) is 11.7 Å². The van der Waals surface area contributed by atoms with Crippen molar-refractivity contribution < 1.29 is 18.7 Å². The molecule has 3 unspecified atom stereocenters. The van der Waals surface area contributed by atoms with E-state index in [9.17, 15) is 14.0 Å². The van der Waals surface area contributed by atoms with Gasteiger partial charge in [0.1, 0.15) is 11.9 Å². The highest BCUT2D eigenvalue weighted by molar-refractivity contribution is 5.88. The summed E-state index contributed by atoms with van der Waals surface area (Å²) >= 11 is 0. The quantitative estimate of drug-likeness (QED) is 0.621. The molecule has 2 rings (SSSR count). The zero-order valence-corrected chi connectivity index (χ0v) is 13.4. The van der Waals surface area contributed by atoms with Crippen molar-refractivity contribution in [2.75, 3.05) is 6.61 Å². The number of benzene rings is 1. The molecule has 124 valence electrons. The van der Waals surface area contributed by atoms with Crippen molar-refractivity contribution in [1.82, 2.24) is 5.32 Å². The first-order chi connectivity index (χ1) is 11.1. The number of carbonyl (C=O) groups excluding carboxylic acids is 2. The van der Waals surface area contributed by atoms with E-state index in [1.165, 1.54) is 12.1 Å². The lowest BCUT2D eigenvalue weighted by Gasteiger charge is -2.15. The molecule has 1 aromatic carbocycles. The molecular weight excluding hydrogens is 297 g/mol. The summed E-state index contributed by atoms with van der Waals surface area (Å²) in [5.41, 5.74) is 0.952. The topological polar surface area (TPSA) is 55.4 Å². The van der Waals surface area contributed by atoms with Gasteiger partial charge in [-0.1, -0.05) is 24.3 Å². The summed E-state index contributed by atoms with van der Waals surface area (Å²) in [6, 6.07) is 5.55. The first-order valence-corrected chi connectivity index (χ1v) is 7.90. The zero-order chi connectivity index (χ0) is 16.8. The van der Waals surface area contributed by atoms with Gasteiger partial charge >= 0.3 is 5.97 Å². The number of hydrogen-bond acceptors (Lipinski definition) is 3. The monoisotopic (exact) mass is 319 g/mol. The molecular formula is C18H22FNO3. The number of hydrogen-bond donors (Lipinski definition) is 1. The van der Waals surface area contributed by atoms with Crippen molar-refractivity contribution in [2.45, 2.75) is 38.6 Å². The van der Waals surface area contributed by atoms with Crippen LogP contribution in [0.1, 0.15) is 38.2 Å². The summed E-state index contributed by atoms with van der Waals surface area (Å²) in [5, 5.41) is 2.77. The molecule has 5 heteroatoms. The minimum Gasteiger partial charge on any atom is -0.464 e. The fourth-order valence-corrected chi connectivity index (χ4v) is 2.57. The molecule has 0 bridgehead atoms. The maximum absolute atomic E-state index is 12.9. The number of rotatable bonds is 7. The van der Waals surface area contributed by atoms with E-state index in [2.05, 4.69) is 5.32 Å². The zero-order valence-electron chi connectivity index (χ0n) is 13.4. The van der Waals surface area contributed by atoms with E-state index in [-0.39, 0.29) is 30.2 Å². The molecule has 1 aliphatic carbocycles. The second kappa shape index (κ2) is 7.90. The van der Waals surface area contributed by atoms with Crippen molar-refractivity contribution >= 4 is 11.9 Å². The Morgan fingerprint density at radius 2 is 2.09 bits per heavy atom. The Balaban J connectivity index is 1.94. The molecule has 4 nitrogen and oxygen atoms in total. The van der Waals surface area contributed by atoms with Gasteiger partial charge in [0.15, 0.2) is 0 Å². The minimum absolute atomic E-state index is 0.0974. The van der Waals surface area contributed by atoms with Gasteiger partial charge in [-0.15, -0.1) is 0 Å². The van der Waals surface area contributed by atoms with Crippen LogP contribution in [0.3, 0.4) is 0 Å². The Labute approximate surface area is 135 Å². The highest BCUT2D eigenvalue weighted by Gasteiger charge is 2.44. The average molecular weight is 319 g/mol. The molecule has 0 radical (unpaired) electrons. The van der Waals surface area contributed by atoms with Gasteiger partial charge in [0.25, 0.3) is 0 Å². The van der Waals surface area contributed by atoms with Gasteiger partial charge in [-0.05, 0) is 50.3 Å². The van der Waals surface area contributed by atoms with Gasteiger partial charge in [0.05, 0.1) is 6.61 Å². The Kier molecular flexibility index (Phi) is 5.90. The number of halogens is 1. The maximum Gasteiger partial charge on any atom is 0.328 e. The summed E-state index contributed by atoms with van der Waals surface area (Å²) in [6.45, 7) is 3.87. The Morgan fingerprint density at radius 3 is 2.70 bits per heavy atom. The van der Waals surface area contributed by atoms with Gasteiger partial charge < -0.3 is 10.1 Å². The van der Waals surface area contributed by atoms with E-state index >= 15 is 0 Å². The molecule has 1 saturated carbocycles. The molecule has 1 N–H and O–H groups in total. The van der Waals surface area contributed by atoms with Crippen LogP contribution in [0.5, 0.6) is 0 Å². The van der Waals surface area contributed by atoms with Crippen LogP contribution in [0.25, 0.3) is 0 Å². The minimum atomic E-state index is -0.659. The SMILES string of the molecule is C/C=C\CC(NC(=O)C1CC1c1ccc(F)cc1)C(=O)OCC. The molecule has 23 heavy (non-hydrogen) atoms. The lowest BCUT2D eigenvalue weighted by molar-refractivity contribution is -0.147. The first kappa shape index (κ1) is 17.2. The van der Waals surface area contributed by atoms with Crippen LogP contribution in [0.4, 0.5) is 4.39 Å². The van der Waals surface area contributed by atoms with Gasteiger partial charge in [0.2, 0.25) is 5.91 Å². The summed E-state index contributed by atoms with van der Waals surface area (Å²) in [4.78, 5) is 24.2. The summed E-state index contributed by atoms with van der Waals surface area (Å²) in [6.07, 6.45) is 4.79. The molecule has 0 saturated heterocycles. The number of ether oxygens (including phenoxy) is 1. The van der Waals surface area contributed by atoms with Crippen molar-refractivity contribution in [2.24, 2.45) is 5.92 Å². The average Bonchev–Trinajstić information content (AvgIpc) is 3.32. The van der Waals surface area contributed by atoms with E-state index < -0.39 is 12.0 Å². The van der Waals surface area contributed by atoms with E-state index in [4.69, 9.17) is 4.74 Å². The van der Waals surface area contributed by atoms with Crippen LogP contribution in [0.2, 0.25) is 0 Å². The Bertz CT molecular complexity index is 582. The summed E-state index contributed by atoms with van der Waals surface area (Å²) in [7, 11) is 0. The molecule has 0 aliphatic heterocycles. The fourth-order valence-electron chi connectivity index (χ4n) is 2.57. The Morgan fingerprint density at radius 1 is 1.39 bits per heavy atom. The van der Waals surface area contributed by atoms with E-state index in [0.29, 0.717) is 6.42 Å². The van der Waals surface area contributed by atoms with Crippen LogP contribution >= 0.6 is 0 Å². The Hall–Kier alpha value is -2.17. The number of nitrogens with one attached hydrogen (secondary N) is 1. The molecule has 1 aliphatic rings. The van der Waals surface area contributed by atoms with Crippen LogP contribution in [0.15, 0.2) is 36.4 Å². The lowest BCUT2D eigenvalue weighted by Crippen LogP contribution is -2.42. The van der Waals surface area contributed by atoms with Crippen molar-refractivity contribution in [3.63, 3.8) is 0 Å². The van der Waals surface area contributed by atoms with E-state index in [1.807, 2.05) is 19.1 Å². The second-order valence-corrected chi connectivity index (χ2v) is 5.62. The second-order valence-electron chi connectivity index (χ2n) is 5.62. The third-order valence-electron chi connectivity index (χ3n) is 3.92. The molecule has 1 fully saturated rings. The first-order valence-electron chi connectivity index (χ1n) is 7.90. The summed E-state index contributed by atoms with van der Waals surface area (Å²) < 4.78 is 17.9. The van der Waals surface area contributed by atoms with Crippen LogP contribution < -0.4 is 5.32 Å². The molecule has 1 aromatic rings. The largest absolute Gasteiger partial charge is 0.464 e. The predicted molar refractivity (Wildman–Crippen MR) is 85.2 cm³/mol. The van der Waals surface area contributed by atoms with Gasteiger partial charge in [-0.25, -0.2) is 9.18 Å². The number of esters is 1. The third kappa shape index (κ3) is 4.65. The maximum atomic E-state index is 12.9. The standard InChI is InChI=1S/C18H22FNO3/c1-3-5-6-16(18(22)23-4-2)20-17(21)15-11-14(15)12-7-9-13(19)10-8-12/h3,5,7-10,14-16H,4,6,11H2,1-2H3,(H,20,21)/b5-3-. The third-order valence-corrected chi connectivity index (χ3v) is 3.92. The van der Waals surface area contributed by atoms with Crippen molar-refractivity contribution in [3.8, 4) is 0 Å². The van der Waals surface area contributed by atoms with Gasteiger partial charge in [0, 0.05) is 5.92 Å². The van der Waals surface area contributed by atoms with E-state index in [0.717, 1.165) is 12.0 Å². The van der Waals surface area contributed by atoms with Crippen LogP contribution in [-0.2, 0) is 14.3 Å². The summed E-state index contributed by atoms with van der Waals surface area (Å²) in [5.74, 6) is -0.924. The molecule has 0 aromatic heterocycles. The molecule has 1 amide bonds.